The van der Waals surface area contributed by atoms with Crippen LogP contribution in [0.15, 0.2) is 42.5 Å². The Morgan fingerprint density at radius 1 is 1.31 bits per heavy atom. The fraction of sp³-hybridized carbons (Fsp3) is 0.391. The molecule has 9 heteroatoms. The van der Waals surface area contributed by atoms with Crippen LogP contribution in [-0.4, -0.2) is 43.2 Å². The smallest absolute Gasteiger partial charge is 0.416 e. The summed E-state index contributed by atoms with van der Waals surface area (Å²) in [6.45, 7) is 10.5. The molecule has 0 aromatic heterocycles. The number of esters is 1. The first-order valence-corrected chi connectivity index (χ1v) is 10.6. The normalized spacial score (nSPS) is 16.6. The molecule has 0 amide bonds. The summed E-state index contributed by atoms with van der Waals surface area (Å²) in [5.74, 6) is -0.327. The number of likely N-dealkylation sites (tertiary alicyclic amines) is 1. The van der Waals surface area contributed by atoms with Crippen LogP contribution in [-0.2, 0) is 22.3 Å². The van der Waals surface area contributed by atoms with E-state index in [0.29, 0.717) is 31.8 Å². The standard InChI is InChI=1S/C23H23ClF3N3O2/c1-3-32-22(31)15-29-11-10-18(14-29)30(17-8-9-21(28-2)20(24)12-17)13-16-6-4-5-7-19(16)23(25,26)27/h4-9,12,18H,3,10-11,13-15H2,1H3/t18-/m0/s1. The molecular formula is C23H23ClF3N3O2. The van der Waals surface area contributed by atoms with Crippen LogP contribution < -0.4 is 4.90 Å². The van der Waals surface area contributed by atoms with Crippen LogP contribution >= 0.6 is 11.6 Å². The first-order chi connectivity index (χ1) is 15.2. The van der Waals surface area contributed by atoms with Crippen molar-refractivity contribution in [3.63, 3.8) is 0 Å². The second kappa shape index (κ2) is 10.2. The van der Waals surface area contributed by atoms with Gasteiger partial charge in [0.2, 0.25) is 5.69 Å². The van der Waals surface area contributed by atoms with Crippen molar-refractivity contribution in [2.45, 2.75) is 32.1 Å². The van der Waals surface area contributed by atoms with E-state index in [1.54, 1.807) is 31.2 Å². The minimum absolute atomic E-state index is 0.0152. The van der Waals surface area contributed by atoms with Crippen LogP contribution in [0, 0.1) is 6.57 Å². The number of rotatable bonds is 7. The van der Waals surface area contributed by atoms with Gasteiger partial charge in [-0.1, -0.05) is 35.9 Å². The van der Waals surface area contributed by atoms with Crippen molar-refractivity contribution in [3.05, 3.63) is 70.0 Å². The van der Waals surface area contributed by atoms with E-state index in [9.17, 15) is 18.0 Å². The monoisotopic (exact) mass is 465 g/mol. The number of anilines is 1. The zero-order chi connectivity index (χ0) is 23.3. The quantitative estimate of drug-likeness (QED) is 0.396. The lowest BCUT2D eigenvalue weighted by molar-refractivity contribution is -0.144. The van der Waals surface area contributed by atoms with Crippen LogP contribution in [0.25, 0.3) is 4.85 Å². The van der Waals surface area contributed by atoms with Gasteiger partial charge in [0.25, 0.3) is 0 Å². The van der Waals surface area contributed by atoms with Crippen molar-refractivity contribution in [3.8, 4) is 0 Å². The lowest BCUT2D eigenvalue weighted by atomic mass is 10.0. The Hall–Kier alpha value is -2.76. The molecule has 1 aliphatic heterocycles. The predicted molar refractivity (Wildman–Crippen MR) is 117 cm³/mol. The summed E-state index contributed by atoms with van der Waals surface area (Å²) in [4.78, 5) is 19.0. The van der Waals surface area contributed by atoms with E-state index in [-0.39, 0.29) is 41.4 Å². The summed E-state index contributed by atoms with van der Waals surface area (Å²) in [6, 6.07) is 10.2. The molecule has 0 unspecified atom stereocenters. The van der Waals surface area contributed by atoms with Crippen molar-refractivity contribution in [2.24, 2.45) is 0 Å². The van der Waals surface area contributed by atoms with Crippen LogP contribution in [0.1, 0.15) is 24.5 Å². The van der Waals surface area contributed by atoms with E-state index in [2.05, 4.69) is 4.85 Å². The van der Waals surface area contributed by atoms with Crippen molar-refractivity contribution in [1.82, 2.24) is 4.90 Å². The Balaban J connectivity index is 1.91. The number of nitrogens with zero attached hydrogens (tertiary/aromatic N) is 3. The molecule has 2 aromatic rings. The van der Waals surface area contributed by atoms with Crippen LogP contribution in [0.5, 0.6) is 0 Å². The molecule has 1 heterocycles. The van der Waals surface area contributed by atoms with Crippen LogP contribution in [0.2, 0.25) is 5.02 Å². The summed E-state index contributed by atoms with van der Waals surface area (Å²) >= 11 is 6.23. The van der Waals surface area contributed by atoms with Gasteiger partial charge in [0, 0.05) is 36.4 Å². The zero-order valence-corrected chi connectivity index (χ0v) is 18.3. The topological polar surface area (TPSA) is 37.1 Å². The average Bonchev–Trinajstić information content (AvgIpc) is 3.19. The van der Waals surface area contributed by atoms with Gasteiger partial charge in [-0.2, -0.15) is 13.2 Å². The Morgan fingerprint density at radius 3 is 2.72 bits per heavy atom. The van der Waals surface area contributed by atoms with Gasteiger partial charge in [0.05, 0.1) is 25.3 Å². The number of carbonyl (C=O) groups is 1. The van der Waals surface area contributed by atoms with Gasteiger partial charge in [-0.05, 0) is 37.1 Å². The van der Waals surface area contributed by atoms with E-state index in [4.69, 9.17) is 22.9 Å². The molecular weight excluding hydrogens is 443 g/mol. The van der Waals surface area contributed by atoms with Crippen LogP contribution in [0.3, 0.4) is 0 Å². The van der Waals surface area contributed by atoms with E-state index < -0.39 is 11.7 Å². The summed E-state index contributed by atoms with van der Waals surface area (Å²) in [5, 5.41) is 0.244. The molecule has 0 aliphatic carbocycles. The highest BCUT2D eigenvalue weighted by atomic mass is 35.5. The van der Waals surface area contributed by atoms with Gasteiger partial charge >= 0.3 is 12.1 Å². The number of benzene rings is 2. The zero-order valence-electron chi connectivity index (χ0n) is 17.5. The fourth-order valence-corrected chi connectivity index (χ4v) is 4.13. The highest BCUT2D eigenvalue weighted by Crippen LogP contribution is 2.36. The van der Waals surface area contributed by atoms with Crippen molar-refractivity contribution in [2.75, 3.05) is 31.1 Å². The fourth-order valence-electron chi connectivity index (χ4n) is 3.91. The van der Waals surface area contributed by atoms with Gasteiger partial charge in [-0.25, -0.2) is 4.85 Å². The highest BCUT2D eigenvalue weighted by Gasteiger charge is 2.35. The van der Waals surface area contributed by atoms with E-state index in [1.807, 2.05) is 9.80 Å². The Morgan fingerprint density at radius 2 is 2.06 bits per heavy atom. The van der Waals surface area contributed by atoms with Gasteiger partial charge in [-0.3, -0.25) is 9.69 Å². The number of alkyl halides is 3. The summed E-state index contributed by atoms with van der Waals surface area (Å²) < 4.78 is 45.8. The third kappa shape index (κ3) is 5.72. The van der Waals surface area contributed by atoms with E-state index in [1.165, 1.54) is 12.1 Å². The predicted octanol–water partition coefficient (Wildman–Crippen LogP) is 5.55. The lowest BCUT2D eigenvalue weighted by Crippen LogP contribution is -2.39. The second-order valence-electron chi connectivity index (χ2n) is 7.51. The number of hydrogen-bond donors (Lipinski definition) is 0. The molecule has 0 radical (unpaired) electrons. The molecule has 0 saturated carbocycles. The molecule has 1 fully saturated rings. The molecule has 0 spiro atoms. The van der Waals surface area contributed by atoms with Crippen molar-refractivity contribution in [1.29, 1.82) is 0 Å². The minimum atomic E-state index is -4.47. The van der Waals surface area contributed by atoms with Gasteiger partial charge < -0.3 is 9.64 Å². The molecule has 5 nitrogen and oxygen atoms in total. The number of ether oxygens (including phenoxy) is 1. The maximum atomic E-state index is 13.6. The van der Waals surface area contributed by atoms with Crippen LogP contribution in [0.4, 0.5) is 24.5 Å². The summed E-state index contributed by atoms with van der Waals surface area (Å²) in [6.07, 6.45) is -3.81. The van der Waals surface area contributed by atoms with Gasteiger partial charge in [0.15, 0.2) is 0 Å². The minimum Gasteiger partial charge on any atom is -0.465 e. The number of halogens is 4. The van der Waals surface area contributed by atoms with Crippen molar-refractivity contribution >= 4 is 28.9 Å². The third-order valence-corrected chi connectivity index (χ3v) is 5.70. The molecule has 1 aliphatic rings. The van der Waals surface area contributed by atoms with Gasteiger partial charge in [-0.15, -0.1) is 0 Å². The maximum absolute atomic E-state index is 13.6. The van der Waals surface area contributed by atoms with Gasteiger partial charge in [0.1, 0.15) is 0 Å². The molecule has 0 N–H and O–H groups in total. The number of hydrogen-bond acceptors (Lipinski definition) is 4. The molecule has 2 aromatic carbocycles. The van der Waals surface area contributed by atoms with E-state index >= 15 is 0 Å². The molecule has 3 rings (SSSR count). The maximum Gasteiger partial charge on any atom is 0.416 e. The van der Waals surface area contributed by atoms with Crippen molar-refractivity contribution < 1.29 is 22.7 Å². The molecule has 32 heavy (non-hydrogen) atoms. The largest absolute Gasteiger partial charge is 0.465 e. The summed E-state index contributed by atoms with van der Waals surface area (Å²) in [5.41, 5.74) is 0.369. The lowest BCUT2D eigenvalue weighted by Gasteiger charge is -2.32. The van der Waals surface area contributed by atoms with E-state index in [0.717, 1.165) is 6.07 Å². The SMILES string of the molecule is [C-]#[N+]c1ccc(N(Cc2ccccc2C(F)(F)F)[C@H]2CCN(CC(=O)OCC)C2)cc1Cl. The summed E-state index contributed by atoms with van der Waals surface area (Å²) in [7, 11) is 0. The Kier molecular flexibility index (Phi) is 7.64. The highest BCUT2D eigenvalue weighted by molar-refractivity contribution is 6.33. The molecule has 1 atom stereocenters. The second-order valence-corrected chi connectivity index (χ2v) is 7.92. The molecule has 0 bridgehead atoms. The molecule has 1 saturated heterocycles. The Labute approximate surface area is 190 Å². The third-order valence-electron chi connectivity index (χ3n) is 5.39. The number of carbonyl (C=O) groups excluding carboxylic acids is 1. The Bertz CT molecular complexity index is 1010. The average molecular weight is 466 g/mol. The first-order valence-electron chi connectivity index (χ1n) is 10.2. The molecule has 170 valence electrons. The first kappa shape index (κ1) is 23.9.